The summed E-state index contributed by atoms with van der Waals surface area (Å²) in [4.78, 5) is 29.0. The second-order valence-corrected chi connectivity index (χ2v) is 6.96. The van der Waals surface area contributed by atoms with Gasteiger partial charge in [-0.05, 0) is 30.5 Å². The first-order chi connectivity index (χ1) is 13.1. The van der Waals surface area contributed by atoms with Gasteiger partial charge in [-0.15, -0.1) is 0 Å². The Morgan fingerprint density at radius 2 is 2.00 bits per heavy atom. The monoisotopic (exact) mass is 366 g/mol. The molecule has 1 aliphatic rings. The van der Waals surface area contributed by atoms with Crippen LogP contribution in [0.25, 0.3) is 6.08 Å². The zero-order valence-electron chi connectivity index (χ0n) is 15.9. The normalized spacial score (nSPS) is 15.8. The van der Waals surface area contributed by atoms with Gasteiger partial charge in [0.1, 0.15) is 0 Å². The molecular formula is C20H26N6O. The standard InChI is InChI=1S/C20H26N6O/c1-25(2)20-22-13-16(14-23-20)5-6-19(27)24-18-7-10-26(11-8-18)15-17-4-3-9-21-12-17/h3-6,9,12-14,18H,7-8,10-11,15H2,1-2H3,(H,24,27). The molecule has 27 heavy (non-hydrogen) atoms. The van der Waals surface area contributed by atoms with Crippen LogP contribution in [0.1, 0.15) is 24.0 Å². The van der Waals surface area contributed by atoms with E-state index in [2.05, 4.69) is 31.2 Å². The molecule has 2 aromatic heterocycles. The van der Waals surface area contributed by atoms with Crippen molar-refractivity contribution in [1.29, 1.82) is 0 Å². The topological polar surface area (TPSA) is 74.2 Å². The minimum Gasteiger partial charge on any atom is -0.350 e. The number of aromatic nitrogens is 3. The molecule has 0 bridgehead atoms. The van der Waals surface area contributed by atoms with E-state index in [1.807, 2.05) is 31.3 Å². The number of pyridine rings is 1. The van der Waals surface area contributed by atoms with Crippen molar-refractivity contribution in [3.05, 3.63) is 54.1 Å². The Labute approximate surface area is 160 Å². The first-order valence-electron chi connectivity index (χ1n) is 9.19. The number of anilines is 1. The highest BCUT2D eigenvalue weighted by Gasteiger charge is 2.20. The van der Waals surface area contributed by atoms with E-state index < -0.39 is 0 Å². The lowest BCUT2D eigenvalue weighted by Crippen LogP contribution is -2.43. The van der Waals surface area contributed by atoms with E-state index in [1.165, 1.54) is 5.56 Å². The second-order valence-electron chi connectivity index (χ2n) is 6.96. The van der Waals surface area contributed by atoms with Crippen LogP contribution in [0.5, 0.6) is 0 Å². The Bertz CT molecular complexity index is 752. The molecule has 1 saturated heterocycles. The van der Waals surface area contributed by atoms with Gasteiger partial charge in [0.15, 0.2) is 0 Å². The fourth-order valence-corrected chi connectivity index (χ4v) is 3.05. The number of nitrogens with zero attached hydrogens (tertiary/aromatic N) is 5. The first-order valence-corrected chi connectivity index (χ1v) is 9.19. The summed E-state index contributed by atoms with van der Waals surface area (Å²) in [5.41, 5.74) is 2.03. The molecule has 2 aromatic rings. The summed E-state index contributed by atoms with van der Waals surface area (Å²) >= 11 is 0. The Morgan fingerprint density at radius 3 is 2.63 bits per heavy atom. The van der Waals surface area contributed by atoms with Gasteiger partial charge in [0.2, 0.25) is 11.9 Å². The average molecular weight is 366 g/mol. The van der Waals surface area contributed by atoms with E-state index in [9.17, 15) is 4.79 Å². The lowest BCUT2D eigenvalue weighted by molar-refractivity contribution is -0.117. The van der Waals surface area contributed by atoms with E-state index in [4.69, 9.17) is 0 Å². The molecule has 7 nitrogen and oxygen atoms in total. The van der Waals surface area contributed by atoms with Crippen molar-refractivity contribution in [2.75, 3.05) is 32.1 Å². The lowest BCUT2D eigenvalue weighted by atomic mass is 10.0. The first kappa shape index (κ1) is 19.0. The van der Waals surface area contributed by atoms with Crippen molar-refractivity contribution in [2.24, 2.45) is 0 Å². The van der Waals surface area contributed by atoms with Gasteiger partial charge in [-0.1, -0.05) is 6.07 Å². The largest absolute Gasteiger partial charge is 0.350 e. The van der Waals surface area contributed by atoms with Crippen LogP contribution in [0.15, 0.2) is 43.0 Å². The molecule has 0 saturated carbocycles. The summed E-state index contributed by atoms with van der Waals surface area (Å²) in [5.74, 6) is 0.576. The van der Waals surface area contributed by atoms with Crippen LogP contribution in [-0.2, 0) is 11.3 Å². The number of hydrogen-bond acceptors (Lipinski definition) is 6. The van der Waals surface area contributed by atoms with Gasteiger partial charge in [-0.2, -0.15) is 0 Å². The van der Waals surface area contributed by atoms with Crippen molar-refractivity contribution in [3.8, 4) is 0 Å². The minimum absolute atomic E-state index is 0.0719. The Morgan fingerprint density at radius 1 is 1.26 bits per heavy atom. The highest BCUT2D eigenvalue weighted by atomic mass is 16.1. The van der Waals surface area contributed by atoms with Gasteiger partial charge in [0, 0.05) is 76.2 Å². The van der Waals surface area contributed by atoms with Crippen LogP contribution in [-0.4, -0.2) is 59.0 Å². The number of carbonyl (C=O) groups is 1. The predicted molar refractivity (Wildman–Crippen MR) is 106 cm³/mol. The van der Waals surface area contributed by atoms with Crippen molar-refractivity contribution in [1.82, 2.24) is 25.2 Å². The van der Waals surface area contributed by atoms with Gasteiger partial charge in [-0.3, -0.25) is 14.7 Å². The number of carbonyl (C=O) groups excluding carboxylic acids is 1. The summed E-state index contributed by atoms with van der Waals surface area (Å²) in [7, 11) is 3.78. The molecule has 0 unspecified atom stereocenters. The van der Waals surface area contributed by atoms with E-state index in [-0.39, 0.29) is 11.9 Å². The Hall–Kier alpha value is -2.80. The molecule has 1 amide bonds. The average Bonchev–Trinajstić information content (AvgIpc) is 2.69. The summed E-state index contributed by atoms with van der Waals surface area (Å²) in [6.07, 6.45) is 12.3. The number of rotatable bonds is 6. The smallest absolute Gasteiger partial charge is 0.244 e. The summed E-state index contributed by atoms with van der Waals surface area (Å²) in [5, 5.41) is 3.09. The van der Waals surface area contributed by atoms with E-state index >= 15 is 0 Å². The number of piperidine rings is 1. The molecule has 3 heterocycles. The number of nitrogens with one attached hydrogen (secondary N) is 1. The molecule has 0 aromatic carbocycles. The number of amides is 1. The molecule has 0 atom stereocenters. The molecule has 0 spiro atoms. The van der Waals surface area contributed by atoms with Crippen LogP contribution < -0.4 is 10.2 Å². The zero-order valence-corrected chi connectivity index (χ0v) is 15.9. The van der Waals surface area contributed by atoms with Crippen molar-refractivity contribution in [3.63, 3.8) is 0 Å². The Kier molecular flexibility index (Phi) is 6.49. The van der Waals surface area contributed by atoms with Crippen LogP contribution in [0.3, 0.4) is 0 Å². The summed E-state index contributed by atoms with van der Waals surface area (Å²) in [6, 6.07) is 4.29. The third-order valence-electron chi connectivity index (χ3n) is 4.55. The van der Waals surface area contributed by atoms with Gasteiger partial charge >= 0.3 is 0 Å². The number of likely N-dealkylation sites (tertiary alicyclic amines) is 1. The lowest BCUT2D eigenvalue weighted by Gasteiger charge is -2.32. The van der Waals surface area contributed by atoms with Crippen LogP contribution in [0, 0.1) is 0 Å². The zero-order chi connectivity index (χ0) is 19.1. The molecule has 0 aliphatic carbocycles. The minimum atomic E-state index is -0.0719. The van der Waals surface area contributed by atoms with E-state index in [0.717, 1.165) is 38.0 Å². The SMILES string of the molecule is CN(C)c1ncc(C=CC(=O)NC2CCN(Cc3cccnc3)CC2)cn1. The maximum atomic E-state index is 12.2. The van der Waals surface area contributed by atoms with Crippen LogP contribution >= 0.6 is 0 Å². The molecular weight excluding hydrogens is 340 g/mol. The van der Waals surface area contributed by atoms with Gasteiger partial charge < -0.3 is 10.2 Å². The van der Waals surface area contributed by atoms with E-state index in [0.29, 0.717) is 5.95 Å². The molecule has 3 rings (SSSR count). The van der Waals surface area contributed by atoms with Gasteiger partial charge in [-0.25, -0.2) is 9.97 Å². The Balaban J connectivity index is 1.42. The molecule has 142 valence electrons. The predicted octanol–water partition coefficient (Wildman–Crippen LogP) is 1.73. The molecule has 1 fully saturated rings. The molecule has 1 N–H and O–H groups in total. The van der Waals surface area contributed by atoms with Crippen molar-refractivity contribution >= 4 is 17.9 Å². The van der Waals surface area contributed by atoms with Crippen LogP contribution in [0.2, 0.25) is 0 Å². The third-order valence-corrected chi connectivity index (χ3v) is 4.55. The van der Waals surface area contributed by atoms with Crippen LogP contribution in [0.4, 0.5) is 5.95 Å². The highest BCUT2D eigenvalue weighted by Crippen LogP contribution is 2.13. The summed E-state index contributed by atoms with van der Waals surface area (Å²) < 4.78 is 0. The fourth-order valence-electron chi connectivity index (χ4n) is 3.05. The van der Waals surface area contributed by atoms with Gasteiger partial charge in [0.25, 0.3) is 0 Å². The quantitative estimate of drug-likeness (QED) is 0.785. The van der Waals surface area contributed by atoms with Crippen molar-refractivity contribution in [2.45, 2.75) is 25.4 Å². The highest BCUT2D eigenvalue weighted by molar-refractivity contribution is 5.91. The second kappa shape index (κ2) is 9.23. The maximum absolute atomic E-state index is 12.2. The third kappa shape index (κ3) is 5.86. The summed E-state index contributed by atoms with van der Waals surface area (Å²) in [6.45, 7) is 2.87. The molecule has 0 radical (unpaired) electrons. The van der Waals surface area contributed by atoms with Crippen molar-refractivity contribution < 1.29 is 4.79 Å². The van der Waals surface area contributed by atoms with Gasteiger partial charge in [0.05, 0.1) is 0 Å². The number of hydrogen-bond donors (Lipinski definition) is 1. The maximum Gasteiger partial charge on any atom is 0.244 e. The molecule has 1 aliphatic heterocycles. The molecule has 7 heteroatoms. The fraction of sp³-hybridized carbons (Fsp3) is 0.400. The van der Waals surface area contributed by atoms with E-state index in [1.54, 1.807) is 30.7 Å².